The lowest BCUT2D eigenvalue weighted by Crippen LogP contribution is -2.38. The quantitative estimate of drug-likeness (QED) is 0.297. The summed E-state index contributed by atoms with van der Waals surface area (Å²) in [5.74, 6) is 8.21. The summed E-state index contributed by atoms with van der Waals surface area (Å²) in [4.78, 5) is 46.3. The van der Waals surface area contributed by atoms with Crippen LogP contribution < -0.4 is 16.0 Å². The third kappa shape index (κ3) is 8.20. The van der Waals surface area contributed by atoms with Crippen LogP contribution in [-0.2, 0) is 4.74 Å². The van der Waals surface area contributed by atoms with Gasteiger partial charge in [-0.2, -0.15) is 0 Å². The SMILES string of the molecule is C#CC.CC#CC.O=c1[nH]c(Cl)nc2cnccc12.O=c1[nH]c(N2CCOCC2)nc2cnccc12. The summed E-state index contributed by atoms with van der Waals surface area (Å²) >= 11 is 5.53. The summed E-state index contributed by atoms with van der Waals surface area (Å²) < 4.78 is 5.27. The molecule has 5 heterocycles. The van der Waals surface area contributed by atoms with Crippen molar-refractivity contribution in [3.63, 3.8) is 0 Å². The fourth-order valence-electron chi connectivity index (χ4n) is 2.87. The predicted molar refractivity (Wildman–Crippen MR) is 142 cm³/mol. The lowest BCUT2D eigenvalue weighted by molar-refractivity contribution is 0.122. The molecule has 0 bridgehead atoms. The van der Waals surface area contributed by atoms with E-state index in [1.807, 2.05) is 18.7 Å². The second-order valence-electron chi connectivity index (χ2n) is 6.92. The van der Waals surface area contributed by atoms with Crippen LogP contribution in [0.15, 0.2) is 46.5 Å². The van der Waals surface area contributed by atoms with Gasteiger partial charge in [0.25, 0.3) is 11.1 Å². The van der Waals surface area contributed by atoms with E-state index < -0.39 is 0 Å². The van der Waals surface area contributed by atoms with Crippen LogP contribution in [0, 0.1) is 24.2 Å². The van der Waals surface area contributed by atoms with Crippen LogP contribution in [-0.4, -0.2) is 56.2 Å². The molecule has 0 aliphatic carbocycles. The number of terminal acetylenes is 1. The molecule has 36 heavy (non-hydrogen) atoms. The summed E-state index contributed by atoms with van der Waals surface area (Å²) in [7, 11) is 0. The van der Waals surface area contributed by atoms with Gasteiger partial charge in [0, 0.05) is 25.5 Å². The number of anilines is 1. The van der Waals surface area contributed by atoms with E-state index >= 15 is 0 Å². The molecule has 4 aromatic rings. The number of aromatic amines is 2. The fraction of sp³-hybridized carbons (Fsp3) is 0.280. The second-order valence-corrected chi connectivity index (χ2v) is 7.28. The minimum Gasteiger partial charge on any atom is -0.378 e. The first-order valence-corrected chi connectivity index (χ1v) is 11.2. The van der Waals surface area contributed by atoms with E-state index in [1.165, 1.54) is 12.4 Å². The molecule has 10 nitrogen and oxygen atoms in total. The Morgan fingerprint density at radius 1 is 0.917 bits per heavy atom. The molecule has 1 aliphatic heterocycles. The Balaban J connectivity index is 0.000000209. The molecule has 5 rings (SSSR count). The third-order valence-electron chi connectivity index (χ3n) is 4.54. The van der Waals surface area contributed by atoms with E-state index in [1.54, 1.807) is 31.5 Å². The van der Waals surface area contributed by atoms with E-state index in [0.717, 1.165) is 13.1 Å². The number of nitrogens with zero attached hydrogens (tertiary/aromatic N) is 5. The average molecular weight is 508 g/mol. The first-order chi connectivity index (χ1) is 17.4. The molecular formula is C25H26ClN7O3. The molecule has 2 N–H and O–H groups in total. The van der Waals surface area contributed by atoms with Gasteiger partial charge in [0.15, 0.2) is 0 Å². The summed E-state index contributed by atoms with van der Waals surface area (Å²) in [6.07, 6.45) is 10.8. The number of hydrogen-bond donors (Lipinski definition) is 2. The Kier molecular flexibility index (Phi) is 11.6. The van der Waals surface area contributed by atoms with Gasteiger partial charge in [0.1, 0.15) is 0 Å². The Bertz CT molecular complexity index is 1490. The zero-order valence-electron chi connectivity index (χ0n) is 20.2. The van der Waals surface area contributed by atoms with Crippen molar-refractivity contribution in [1.82, 2.24) is 29.9 Å². The van der Waals surface area contributed by atoms with Gasteiger partial charge < -0.3 is 9.64 Å². The van der Waals surface area contributed by atoms with Gasteiger partial charge in [-0.1, -0.05) is 0 Å². The largest absolute Gasteiger partial charge is 0.378 e. The number of morpholine rings is 1. The maximum Gasteiger partial charge on any atom is 0.260 e. The van der Waals surface area contributed by atoms with Crippen LogP contribution in [0.25, 0.3) is 21.8 Å². The highest BCUT2D eigenvalue weighted by Gasteiger charge is 2.14. The number of rotatable bonds is 1. The Morgan fingerprint density at radius 3 is 1.94 bits per heavy atom. The average Bonchev–Trinajstić information content (AvgIpc) is 2.90. The maximum absolute atomic E-state index is 11.9. The van der Waals surface area contributed by atoms with Crippen LogP contribution in [0.1, 0.15) is 20.8 Å². The number of nitrogens with one attached hydrogen (secondary N) is 2. The molecule has 4 aromatic heterocycles. The molecule has 0 radical (unpaired) electrons. The standard InChI is InChI=1S/C11H12N4O2.C7H4ClN3O.C4H6.C3H4/c16-10-8-1-2-12-7-9(8)13-11(14-10)15-3-5-17-6-4-15;8-7-10-5-3-9-2-1-4(5)6(12)11-7;1-3-4-2;1-3-2/h1-2,7H,3-6H2,(H,13,14,16);1-3H,(H,10,11,12);1-2H3;1H,2H3. The molecule has 1 saturated heterocycles. The zero-order chi connectivity index (χ0) is 26.3. The minimum absolute atomic E-state index is 0.0838. The molecule has 0 amide bonds. The Hall–Kier alpha value is -4.25. The Labute approximate surface area is 213 Å². The molecule has 0 aromatic carbocycles. The van der Waals surface area contributed by atoms with Crippen LogP contribution in [0.3, 0.4) is 0 Å². The topological polar surface area (TPSA) is 130 Å². The molecule has 0 saturated carbocycles. The lowest BCUT2D eigenvalue weighted by atomic mass is 10.3. The number of hydrogen-bond acceptors (Lipinski definition) is 8. The predicted octanol–water partition coefficient (Wildman–Crippen LogP) is 2.80. The van der Waals surface area contributed by atoms with Crippen LogP contribution in [0.2, 0.25) is 5.28 Å². The van der Waals surface area contributed by atoms with E-state index in [2.05, 4.69) is 54.1 Å². The van der Waals surface area contributed by atoms with Crippen molar-refractivity contribution < 1.29 is 4.74 Å². The number of ether oxygens (including phenoxy) is 1. The molecule has 0 spiro atoms. The zero-order valence-corrected chi connectivity index (χ0v) is 21.0. The van der Waals surface area contributed by atoms with E-state index in [4.69, 9.17) is 16.3 Å². The number of halogens is 1. The normalized spacial score (nSPS) is 11.8. The highest BCUT2D eigenvalue weighted by atomic mass is 35.5. The molecule has 0 atom stereocenters. The second kappa shape index (κ2) is 14.9. The third-order valence-corrected chi connectivity index (χ3v) is 4.72. The van der Waals surface area contributed by atoms with Crippen molar-refractivity contribution in [2.75, 3.05) is 31.2 Å². The Morgan fingerprint density at radius 2 is 1.42 bits per heavy atom. The first kappa shape index (κ1) is 28.0. The summed E-state index contributed by atoms with van der Waals surface area (Å²) in [5, 5.41) is 1.15. The van der Waals surface area contributed by atoms with E-state index in [0.29, 0.717) is 41.0 Å². The van der Waals surface area contributed by atoms with Crippen molar-refractivity contribution in [2.24, 2.45) is 0 Å². The summed E-state index contributed by atoms with van der Waals surface area (Å²) in [5.41, 5.74) is 0.760. The number of H-pyrrole nitrogens is 2. The first-order valence-electron chi connectivity index (χ1n) is 10.8. The van der Waals surface area contributed by atoms with Crippen molar-refractivity contribution in [3.8, 4) is 24.2 Å². The van der Waals surface area contributed by atoms with E-state index in [9.17, 15) is 9.59 Å². The minimum atomic E-state index is -0.243. The van der Waals surface area contributed by atoms with Gasteiger partial charge in [-0.05, 0) is 44.5 Å². The highest BCUT2D eigenvalue weighted by molar-refractivity contribution is 6.28. The van der Waals surface area contributed by atoms with Gasteiger partial charge in [0.2, 0.25) is 11.2 Å². The molecule has 0 unspecified atom stereocenters. The number of pyridine rings is 2. The van der Waals surface area contributed by atoms with Gasteiger partial charge >= 0.3 is 0 Å². The van der Waals surface area contributed by atoms with Gasteiger partial charge in [-0.15, -0.1) is 24.2 Å². The highest BCUT2D eigenvalue weighted by Crippen LogP contribution is 2.11. The van der Waals surface area contributed by atoms with Gasteiger partial charge in [-0.25, -0.2) is 9.97 Å². The smallest absolute Gasteiger partial charge is 0.260 e. The van der Waals surface area contributed by atoms with Crippen LogP contribution in [0.5, 0.6) is 0 Å². The molecule has 11 heteroatoms. The molecule has 1 fully saturated rings. The summed E-state index contributed by atoms with van der Waals surface area (Å²) in [6.45, 7) is 8.10. The van der Waals surface area contributed by atoms with E-state index in [-0.39, 0.29) is 16.4 Å². The molecule has 1 aliphatic rings. The molecule has 186 valence electrons. The maximum atomic E-state index is 11.9. The van der Waals surface area contributed by atoms with Crippen molar-refractivity contribution in [2.45, 2.75) is 20.8 Å². The van der Waals surface area contributed by atoms with Crippen LogP contribution in [0.4, 0.5) is 5.95 Å². The summed E-state index contributed by atoms with van der Waals surface area (Å²) in [6, 6.07) is 3.27. The van der Waals surface area contributed by atoms with Crippen molar-refractivity contribution in [1.29, 1.82) is 0 Å². The monoisotopic (exact) mass is 507 g/mol. The number of fused-ring (bicyclic) bond motifs is 2. The fourth-order valence-corrected chi connectivity index (χ4v) is 3.04. The molecular weight excluding hydrogens is 482 g/mol. The van der Waals surface area contributed by atoms with Crippen molar-refractivity contribution >= 4 is 39.4 Å². The van der Waals surface area contributed by atoms with Gasteiger partial charge in [-0.3, -0.25) is 29.5 Å². The van der Waals surface area contributed by atoms with Crippen LogP contribution >= 0.6 is 11.6 Å². The van der Waals surface area contributed by atoms with Gasteiger partial charge in [0.05, 0.1) is 47.4 Å². The lowest BCUT2D eigenvalue weighted by Gasteiger charge is -2.27. The number of aromatic nitrogens is 6. The van der Waals surface area contributed by atoms with Crippen molar-refractivity contribution in [3.05, 3.63) is 62.9 Å².